The van der Waals surface area contributed by atoms with E-state index in [1.54, 1.807) is 0 Å². The molecule has 6 nitrogen and oxygen atoms in total. The van der Waals surface area contributed by atoms with Crippen molar-refractivity contribution in [2.24, 2.45) is 0 Å². The quantitative estimate of drug-likeness (QED) is 0.196. The zero-order valence-electron chi connectivity index (χ0n) is 25.9. The smallest absolute Gasteiger partial charge is 0.136 e. The SMILES string of the molecule is N#Cc1cc(-c2cccc(-n3c4cnccc4c4c5c(ccc43)oc3ccccc35)c2)cc(-n2c3ccccc3c3cc(C#N)ccc32)c1. The number of nitriles is 2. The van der Waals surface area contributed by atoms with E-state index in [-0.39, 0.29) is 0 Å². The average molecular weight is 626 g/mol. The van der Waals surface area contributed by atoms with Gasteiger partial charge in [0.1, 0.15) is 11.2 Å². The van der Waals surface area contributed by atoms with Crippen molar-refractivity contribution >= 4 is 65.6 Å². The third-order valence-corrected chi connectivity index (χ3v) is 9.62. The van der Waals surface area contributed by atoms with Crippen LogP contribution in [0.5, 0.6) is 0 Å². The fraction of sp³-hybridized carbons (Fsp3) is 0. The largest absolute Gasteiger partial charge is 0.456 e. The van der Waals surface area contributed by atoms with Gasteiger partial charge in [0, 0.05) is 49.9 Å². The zero-order valence-corrected chi connectivity index (χ0v) is 25.9. The standard InChI is InChI=1S/C43H23N5O/c44-23-26-12-13-37-35(20-26)32-8-1-3-10-36(32)48(37)31-19-27(24-45)18-29(22-31)28-6-5-7-30(21-28)47-38-14-15-41-43(34-9-2-4-11-40(34)49-41)42(38)33-16-17-46-25-39(33)47/h1-22,25H. The summed E-state index contributed by atoms with van der Waals surface area (Å²) in [7, 11) is 0. The van der Waals surface area contributed by atoms with E-state index >= 15 is 0 Å². The van der Waals surface area contributed by atoms with Crippen LogP contribution in [0, 0.1) is 22.7 Å². The molecule has 49 heavy (non-hydrogen) atoms. The molecule has 0 atom stereocenters. The molecular formula is C43H23N5O. The number of rotatable bonds is 3. The Kier molecular flexibility index (Phi) is 5.61. The number of hydrogen-bond acceptors (Lipinski definition) is 4. The first-order chi connectivity index (χ1) is 24.2. The molecule has 0 spiro atoms. The molecule has 6 heteroatoms. The predicted molar refractivity (Wildman–Crippen MR) is 195 cm³/mol. The number of pyridine rings is 1. The maximum absolute atomic E-state index is 10.2. The molecule has 4 heterocycles. The Hall–Kier alpha value is -7.15. The lowest BCUT2D eigenvalue weighted by Gasteiger charge is -2.13. The summed E-state index contributed by atoms with van der Waals surface area (Å²) in [6, 6.07) is 47.5. The highest BCUT2D eigenvalue weighted by molar-refractivity contribution is 6.27. The van der Waals surface area contributed by atoms with Crippen LogP contribution >= 0.6 is 0 Å². The van der Waals surface area contributed by atoms with Gasteiger partial charge in [-0.05, 0) is 90.0 Å². The van der Waals surface area contributed by atoms with Crippen molar-refractivity contribution in [3.8, 4) is 34.6 Å². The minimum absolute atomic E-state index is 0.563. The molecule has 6 aromatic carbocycles. The number of nitrogens with zero attached hydrogens (tertiary/aromatic N) is 5. The molecule has 10 rings (SSSR count). The molecule has 0 unspecified atom stereocenters. The van der Waals surface area contributed by atoms with Gasteiger partial charge in [-0.15, -0.1) is 0 Å². The summed E-state index contributed by atoms with van der Waals surface area (Å²) in [6.07, 6.45) is 3.76. The van der Waals surface area contributed by atoms with Gasteiger partial charge in [0.2, 0.25) is 0 Å². The monoisotopic (exact) mass is 625 g/mol. The normalized spacial score (nSPS) is 11.6. The highest BCUT2D eigenvalue weighted by Gasteiger charge is 2.20. The van der Waals surface area contributed by atoms with E-state index in [9.17, 15) is 10.5 Å². The number of aromatic nitrogens is 3. The molecule has 0 amide bonds. The number of hydrogen-bond donors (Lipinski definition) is 0. The molecule has 0 aliphatic heterocycles. The Morgan fingerprint density at radius 2 is 1.27 bits per heavy atom. The fourth-order valence-corrected chi connectivity index (χ4v) is 7.56. The van der Waals surface area contributed by atoms with Crippen molar-refractivity contribution < 1.29 is 4.42 Å². The van der Waals surface area contributed by atoms with E-state index in [1.165, 1.54) is 0 Å². The third-order valence-electron chi connectivity index (χ3n) is 9.62. The van der Waals surface area contributed by atoms with Gasteiger partial charge < -0.3 is 13.6 Å². The fourth-order valence-electron chi connectivity index (χ4n) is 7.56. The molecule has 0 bridgehead atoms. The summed E-state index contributed by atoms with van der Waals surface area (Å²) in [5, 5.41) is 26.3. The van der Waals surface area contributed by atoms with Crippen molar-refractivity contribution in [2.75, 3.05) is 0 Å². The molecule has 0 saturated carbocycles. The summed E-state index contributed by atoms with van der Waals surface area (Å²) in [5.41, 5.74) is 10.7. The summed E-state index contributed by atoms with van der Waals surface area (Å²) in [4.78, 5) is 4.53. The number of fused-ring (bicyclic) bond motifs is 10. The Morgan fingerprint density at radius 3 is 2.16 bits per heavy atom. The second-order valence-electron chi connectivity index (χ2n) is 12.3. The first kappa shape index (κ1) is 27.0. The average Bonchev–Trinajstić information content (AvgIpc) is 3.82. The Bertz CT molecular complexity index is 3090. The minimum Gasteiger partial charge on any atom is -0.456 e. The minimum atomic E-state index is 0.563. The van der Waals surface area contributed by atoms with Gasteiger partial charge in [-0.2, -0.15) is 10.5 Å². The van der Waals surface area contributed by atoms with Crippen LogP contribution in [0.2, 0.25) is 0 Å². The lowest BCUT2D eigenvalue weighted by Crippen LogP contribution is -1.97. The maximum Gasteiger partial charge on any atom is 0.136 e. The van der Waals surface area contributed by atoms with Gasteiger partial charge in [0.25, 0.3) is 0 Å². The summed E-state index contributed by atoms with van der Waals surface area (Å²) >= 11 is 0. The van der Waals surface area contributed by atoms with Gasteiger partial charge >= 0.3 is 0 Å². The molecule has 10 aromatic rings. The van der Waals surface area contributed by atoms with Crippen LogP contribution in [0.1, 0.15) is 11.1 Å². The van der Waals surface area contributed by atoms with Crippen LogP contribution in [0.3, 0.4) is 0 Å². The molecule has 0 N–H and O–H groups in total. The lowest BCUT2D eigenvalue weighted by atomic mass is 10.0. The van der Waals surface area contributed by atoms with Crippen LogP contribution in [0.15, 0.2) is 144 Å². The van der Waals surface area contributed by atoms with Gasteiger partial charge in [-0.25, -0.2) is 0 Å². The van der Waals surface area contributed by atoms with E-state index in [2.05, 4.69) is 93.0 Å². The van der Waals surface area contributed by atoms with E-state index in [0.717, 1.165) is 88.1 Å². The van der Waals surface area contributed by atoms with Gasteiger partial charge in [-0.3, -0.25) is 4.98 Å². The molecule has 0 radical (unpaired) electrons. The topological polar surface area (TPSA) is 83.5 Å². The van der Waals surface area contributed by atoms with E-state index in [0.29, 0.717) is 11.1 Å². The molecule has 0 fully saturated rings. The van der Waals surface area contributed by atoms with Gasteiger partial charge in [0.15, 0.2) is 0 Å². The number of benzene rings is 6. The molecule has 0 saturated heterocycles. The van der Waals surface area contributed by atoms with Gasteiger partial charge in [-0.1, -0.05) is 48.5 Å². The zero-order chi connectivity index (χ0) is 32.6. The molecule has 226 valence electrons. The van der Waals surface area contributed by atoms with Crippen molar-refractivity contribution in [1.29, 1.82) is 10.5 Å². The van der Waals surface area contributed by atoms with Gasteiger partial charge in [0.05, 0.1) is 51.5 Å². The van der Waals surface area contributed by atoms with E-state index in [4.69, 9.17) is 4.42 Å². The van der Waals surface area contributed by atoms with Crippen molar-refractivity contribution in [3.63, 3.8) is 0 Å². The van der Waals surface area contributed by atoms with Crippen molar-refractivity contribution in [1.82, 2.24) is 14.1 Å². The Balaban J connectivity index is 1.20. The first-order valence-corrected chi connectivity index (χ1v) is 16.0. The summed E-state index contributed by atoms with van der Waals surface area (Å²) < 4.78 is 10.7. The maximum atomic E-state index is 10.2. The second-order valence-corrected chi connectivity index (χ2v) is 12.3. The van der Waals surface area contributed by atoms with Crippen LogP contribution in [0.25, 0.3) is 88.1 Å². The summed E-state index contributed by atoms with van der Waals surface area (Å²) in [6.45, 7) is 0. The van der Waals surface area contributed by atoms with Crippen LogP contribution in [-0.2, 0) is 0 Å². The molecule has 0 aliphatic rings. The highest BCUT2D eigenvalue weighted by Crippen LogP contribution is 2.41. The third kappa shape index (κ3) is 3.89. The number of para-hydroxylation sites is 2. The Labute approximate surface area is 279 Å². The molecular weight excluding hydrogens is 603 g/mol. The van der Waals surface area contributed by atoms with Crippen LogP contribution in [-0.4, -0.2) is 14.1 Å². The lowest BCUT2D eigenvalue weighted by molar-refractivity contribution is 0.669. The van der Waals surface area contributed by atoms with Crippen LogP contribution in [0.4, 0.5) is 0 Å². The van der Waals surface area contributed by atoms with Crippen molar-refractivity contribution in [2.45, 2.75) is 0 Å². The molecule has 4 aromatic heterocycles. The van der Waals surface area contributed by atoms with E-state index < -0.39 is 0 Å². The highest BCUT2D eigenvalue weighted by atomic mass is 16.3. The predicted octanol–water partition coefficient (Wildman–Crippen LogP) is 10.6. The van der Waals surface area contributed by atoms with Crippen molar-refractivity contribution in [3.05, 3.63) is 151 Å². The first-order valence-electron chi connectivity index (χ1n) is 16.0. The second kappa shape index (κ2) is 10.2. The molecule has 0 aliphatic carbocycles. The Morgan fingerprint density at radius 1 is 0.490 bits per heavy atom. The van der Waals surface area contributed by atoms with Crippen LogP contribution < -0.4 is 0 Å². The summed E-state index contributed by atoms with van der Waals surface area (Å²) in [5.74, 6) is 0. The van der Waals surface area contributed by atoms with E-state index in [1.807, 2.05) is 73.1 Å². The number of furan rings is 1.